The van der Waals surface area contributed by atoms with Crippen LogP contribution in [0.4, 0.5) is 5.69 Å². The highest BCUT2D eigenvalue weighted by molar-refractivity contribution is 7.93. The van der Waals surface area contributed by atoms with Crippen LogP contribution in [0.5, 0.6) is 17.4 Å². The van der Waals surface area contributed by atoms with Crippen LogP contribution < -0.4 is 29.1 Å². The standard InChI is InChI=1S/C37H40N6O7S/c1-4-50-33-27(6-5-11-40-33)37(41-32(44)24-14-35(15-24)16-25(17-35)42-21-36(22-42)19-39-20-36)28-12-23(18-38)7-9-29(28)43(34(37)45)51(46,47)31-10-8-26(48-2)13-30(31)49-3/h5-13,24-25,39H,4,14-17,19-22H2,1-3H3,(H,41,44)/t24?,25?,35?,37-/m0/s1. The zero-order valence-corrected chi connectivity index (χ0v) is 29.6. The summed E-state index contributed by atoms with van der Waals surface area (Å²) in [6, 6.07) is 14.3. The van der Waals surface area contributed by atoms with Gasteiger partial charge in [0.2, 0.25) is 11.8 Å². The average molecular weight is 713 g/mol. The predicted octanol–water partition coefficient (Wildman–Crippen LogP) is 2.93. The number of amides is 2. The molecule has 2 saturated carbocycles. The van der Waals surface area contributed by atoms with Gasteiger partial charge in [-0.3, -0.25) is 14.5 Å². The van der Waals surface area contributed by atoms with Crippen molar-refractivity contribution in [1.82, 2.24) is 20.5 Å². The summed E-state index contributed by atoms with van der Waals surface area (Å²) in [4.78, 5) is 36.2. The van der Waals surface area contributed by atoms with Crippen molar-refractivity contribution >= 4 is 27.5 Å². The van der Waals surface area contributed by atoms with Gasteiger partial charge in [-0.25, -0.2) is 13.4 Å². The molecule has 5 aliphatic rings. The molecule has 2 aromatic carbocycles. The van der Waals surface area contributed by atoms with E-state index in [9.17, 15) is 18.5 Å². The SMILES string of the molecule is CCOc1ncccc1[C@@]1(NC(=O)C2CC3(C2)CC(N2CC4(CNC4)C2)C3)C(=O)N(S(=O)(=O)c2ccc(OC)cc2OC)c2ccc(C#N)cc21. The number of methoxy groups -OCH3 is 2. The zero-order valence-electron chi connectivity index (χ0n) is 28.8. The summed E-state index contributed by atoms with van der Waals surface area (Å²) < 4.78 is 46.5. The largest absolute Gasteiger partial charge is 0.497 e. The summed E-state index contributed by atoms with van der Waals surface area (Å²) in [5.74, 6) is -1.33. The van der Waals surface area contributed by atoms with Gasteiger partial charge >= 0.3 is 0 Å². The van der Waals surface area contributed by atoms with Crippen LogP contribution in [-0.4, -0.2) is 83.2 Å². The lowest BCUT2D eigenvalue weighted by Gasteiger charge is -2.66. The number of nitrogens with one attached hydrogen (secondary N) is 2. The first-order valence-electron chi connectivity index (χ1n) is 17.2. The van der Waals surface area contributed by atoms with Gasteiger partial charge in [-0.15, -0.1) is 0 Å². The van der Waals surface area contributed by atoms with Crippen LogP contribution >= 0.6 is 0 Å². The minimum Gasteiger partial charge on any atom is -0.497 e. The number of hydrogen-bond acceptors (Lipinski definition) is 11. The molecule has 51 heavy (non-hydrogen) atoms. The molecule has 2 aliphatic carbocycles. The number of sulfonamides is 1. The molecule has 2 N–H and O–H groups in total. The van der Waals surface area contributed by atoms with E-state index in [4.69, 9.17) is 14.2 Å². The molecule has 3 aliphatic heterocycles. The molecule has 2 amide bonds. The molecule has 13 nitrogen and oxygen atoms in total. The maximum Gasteiger partial charge on any atom is 0.276 e. The Labute approximate surface area is 296 Å². The van der Waals surface area contributed by atoms with E-state index in [2.05, 4.69) is 26.6 Å². The summed E-state index contributed by atoms with van der Waals surface area (Å²) in [5.41, 5.74) is -1.08. The number of pyridine rings is 1. The number of rotatable bonds is 10. The topological polar surface area (TPSA) is 163 Å². The summed E-state index contributed by atoms with van der Waals surface area (Å²) in [6.45, 7) is 6.41. The summed E-state index contributed by atoms with van der Waals surface area (Å²) in [5, 5.41) is 16.4. The number of benzene rings is 2. The van der Waals surface area contributed by atoms with Crippen LogP contribution in [-0.2, 0) is 25.2 Å². The fourth-order valence-corrected chi connectivity index (χ4v) is 10.5. The first-order valence-corrected chi connectivity index (χ1v) is 18.7. The Hall–Kier alpha value is -4.71. The first kappa shape index (κ1) is 33.4. The molecule has 2 spiro atoms. The highest BCUT2D eigenvalue weighted by atomic mass is 32.2. The van der Waals surface area contributed by atoms with Crippen molar-refractivity contribution in [1.29, 1.82) is 5.26 Å². The van der Waals surface area contributed by atoms with Gasteiger partial charge < -0.3 is 24.8 Å². The Kier molecular flexibility index (Phi) is 7.82. The normalized spacial score (nSPS) is 27.3. The Morgan fingerprint density at radius 3 is 2.45 bits per heavy atom. The van der Waals surface area contributed by atoms with Crippen LogP contribution in [0.2, 0.25) is 0 Å². The Morgan fingerprint density at radius 1 is 1.04 bits per heavy atom. The molecule has 4 heterocycles. The minimum atomic E-state index is -4.67. The van der Waals surface area contributed by atoms with Crippen molar-refractivity contribution in [3.05, 3.63) is 71.4 Å². The molecule has 3 aromatic rings. The maximum atomic E-state index is 15.2. The first-order chi connectivity index (χ1) is 24.5. The van der Waals surface area contributed by atoms with E-state index < -0.39 is 21.5 Å². The number of aromatic nitrogens is 1. The summed E-state index contributed by atoms with van der Waals surface area (Å²) in [6.07, 6.45) is 4.96. The van der Waals surface area contributed by atoms with E-state index in [1.54, 1.807) is 19.1 Å². The highest BCUT2D eigenvalue weighted by Crippen LogP contribution is 2.61. The maximum absolute atomic E-state index is 15.2. The molecule has 0 radical (unpaired) electrons. The third kappa shape index (κ3) is 5.00. The summed E-state index contributed by atoms with van der Waals surface area (Å²) >= 11 is 0. The van der Waals surface area contributed by atoms with Gasteiger partial charge in [0.15, 0.2) is 5.54 Å². The van der Waals surface area contributed by atoms with Crippen LogP contribution in [0.25, 0.3) is 0 Å². The number of likely N-dealkylation sites (tertiary alicyclic amines) is 1. The number of anilines is 1. The highest BCUT2D eigenvalue weighted by Gasteiger charge is 2.63. The lowest BCUT2D eigenvalue weighted by Crippen LogP contribution is -2.74. The van der Waals surface area contributed by atoms with E-state index in [-0.39, 0.29) is 62.7 Å². The van der Waals surface area contributed by atoms with E-state index >= 15 is 4.79 Å². The molecule has 4 fully saturated rings. The van der Waals surface area contributed by atoms with Gasteiger partial charge in [0.05, 0.1) is 43.7 Å². The molecule has 0 bridgehead atoms. The fourth-order valence-electron chi connectivity index (χ4n) is 8.93. The van der Waals surface area contributed by atoms with Crippen molar-refractivity contribution in [2.75, 3.05) is 51.3 Å². The van der Waals surface area contributed by atoms with E-state index in [1.165, 1.54) is 56.8 Å². The van der Waals surface area contributed by atoms with Crippen molar-refractivity contribution in [2.24, 2.45) is 16.7 Å². The lowest BCUT2D eigenvalue weighted by molar-refractivity contribution is -0.161. The second-order valence-corrected chi connectivity index (χ2v) is 16.4. The Morgan fingerprint density at radius 2 is 1.80 bits per heavy atom. The zero-order chi connectivity index (χ0) is 35.8. The smallest absolute Gasteiger partial charge is 0.276 e. The summed E-state index contributed by atoms with van der Waals surface area (Å²) in [7, 11) is -1.91. The second kappa shape index (κ2) is 11.9. The quantitative estimate of drug-likeness (QED) is 0.318. The fraction of sp³-hybridized carbons (Fsp3) is 0.459. The number of carbonyl (C=O) groups is 2. The van der Waals surface area contributed by atoms with Gasteiger partial charge in [-0.1, -0.05) is 0 Å². The van der Waals surface area contributed by atoms with Gasteiger partial charge in [-0.05, 0) is 80.5 Å². The van der Waals surface area contributed by atoms with Crippen LogP contribution in [0.1, 0.15) is 49.3 Å². The minimum absolute atomic E-state index is 0.00984. The molecule has 14 heteroatoms. The molecule has 266 valence electrons. The van der Waals surface area contributed by atoms with Crippen LogP contribution in [0.3, 0.4) is 0 Å². The van der Waals surface area contributed by atoms with Crippen molar-refractivity contribution in [3.8, 4) is 23.4 Å². The number of ether oxygens (including phenoxy) is 3. The molecule has 1 atom stereocenters. The van der Waals surface area contributed by atoms with Gasteiger partial charge in [0.25, 0.3) is 15.9 Å². The number of nitrogens with zero attached hydrogens (tertiary/aromatic N) is 4. The third-order valence-corrected chi connectivity index (χ3v) is 13.3. The average Bonchev–Trinajstić information content (AvgIpc) is 3.30. The van der Waals surface area contributed by atoms with Gasteiger partial charge in [-0.2, -0.15) is 9.57 Å². The van der Waals surface area contributed by atoms with E-state index in [1.807, 2.05) is 0 Å². The second-order valence-electron chi connectivity index (χ2n) is 14.6. The van der Waals surface area contributed by atoms with Gasteiger partial charge in [0.1, 0.15) is 16.4 Å². The predicted molar refractivity (Wildman–Crippen MR) is 185 cm³/mol. The van der Waals surface area contributed by atoms with Crippen molar-refractivity contribution in [3.63, 3.8) is 0 Å². The molecule has 2 saturated heterocycles. The number of carbonyl (C=O) groups excluding carboxylic acids is 2. The van der Waals surface area contributed by atoms with Crippen LogP contribution in [0, 0.1) is 28.1 Å². The number of hydrogen-bond donors (Lipinski definition) is 2. The molecular weight excluding hydrogens is 673 g/mol. The van der Waals surface area contributed by atoms with E-state index in [0.717, 1.165) is 39.0 Å². The van der Waals surface area contributed by atoms with Crippen molar-refractivity contribution in [2.45, 2.75) is 49.1 Å². The Bertz CT molecular complexity index is 2070. The lowest BCUT2D eigenvalue weighted by atomic mass is 9.49. The molecular formula is C37H40N6O7S. The van der Waals surface area contributed by atoms with Crippen molar-refractivity contribution < 1.29 is 32.2 Å². The molecule has 1 aromatic heterocycles. The number of fused-ring (bicyclic) bond motifs is 1. The molecule has 8 rings (SSSR count). The third-order valence-electron chi connectivity index (χ3n) is 11.6. The molecule has 0 unspecified atom stereocenters. The Balaban J connectivity index is 1.16. The van der Waals surface area contributed by atoms with Crippen LogP contribution in [0.15, 0.2) is 59.6 Å². The van der Waals surface area contributed by atoms with Gasteiger partial charge in [0, 0.05) is 61.4 Å². The monoisotopic (exact) mass is 712 g/mol. The van der Waals surface area contributed by atoms with E-state index in [0.29, 0.717) is 34.4 Å². The number of nitriles is 1.